The van der Waals surface area contributed by atoms with Crippen molar-refractivity contribution in [1.82, 2.24) is 0 Å². The molecule has 0 radical (unpaired) electrons. The molecule has 0 amide bonds. The Labute approximate surface area is 34.4 Å². The van der Waals surface area contributed by atoms with E-state index in [1.54, 1.807) is 0 Å². The minimum Gasteiger partial charge on any atom is -0.0852 e. The third-order valence-electron chi connectivity index (χ3n) is 1.25. The van der Waals surface area contributed by atoms with E-state index in [0.29, 0.717) is 0 Å². The van der Waals surface area contributed by atoms with Gasteiger partial charge in [-0.15, -0.1) is 0 Å². The van der Waals surface area contributed by atoms with Crippen LogP contribution < -0.4 is 0 Å². The fourth-order valence-electron chi connectivity index (χ4n) is 0.884. The molecule has 0 aromatic rings. The van der Waals surface area contributed by atoms with Gasteiger partial charge in [0, 0.05) is 0 Å². The SMILES string of the molecule is B1BCCC1. The van der Waals surface area contributed by atoms with Crippen molar-refractivity contribution >= 4 is 14.3 Å². The maximum atomic E-state index is 1.50. The Morgan fingerprint density at radius 2 is 1.60 bits per heavy atom. The summed E-state index contributed by atoms with van der Waals surface area (Å²) in [7, 11) is 3.00. The quantitative estimate of drug-likeness (QED) is 0.349. The van der Waals surface area contributed by atoms with E-state index in [4.69, 9.17) is 0 Å². The highest BCUT2D eigenvalue weighted by molar-refractivity contribution is 7.01. The Balaban J connectivity index is 2.08. The molecule has 0 aliphatic carbocycles. The molecule has 0 N–H and O–H groups in total. The second-order valence-corrected chi connectivity index (χ2v) is 1.77. The van der Waals surface area contributed by atoms with E-state index in [1.165, 1.54) is 33.4 Å². The summed E-state index contributed by atoms with van der Waals surface area (Å²) in [6.45, 7) is 0. The Morgan fingerprint density at radius 1 is 1.00 bits per heavy atom. The van der Waals surface area contributed by atoms with Crippen molar-refractivity contribution in [3.05, 3.63) is 0 Å². The average molecular weight is 65.7 g/mol. The Kier molecular flexibility index (Phi) is 1.02. The van der Waals surface area contributed by atoms with E-state index in [-0.39, 0.29) is 0 Å². The first-order valence-corrected chi connectivity index (χ1v) is 2.50. The molecular formula is C3H8B2. The van der Waals surface area contributed by atoms with Crippen molar-refractivity contribution in [1.29, 1.82) is 0 Å². The van der Waals surface area contributed by atoms with Crippen LogP contribution in [0, 0.1) is 0 Å². The monoisotopic (exact) mass is 66.1 g/mol. The molecule has 26 valence electrons. The first-order chi connectivity index (χ1) is 2.50. The summed E-state index contributed by atoms with van der Waals surface area (Å²) in [5.74, 6) is 0. The van der Waals surface area contributed by atoms with Crippen molar-refractivity contribution in [3.8, 4) is 0 Å². The summed E-state index contributed by atoms with van der Waals surface area (Å²) in [5.41, 5.74) is 0. The zero-order chi connectivity index (χ0) is 3.54. The Bertz CT molecular complexity index is 16.5. The molecule has 0 nitrogen and oxygen atoms in total. The molecule has 0 aromatic carbocycles. The van der Waals surface area contributed by atoms with Crippen molar-refractivity contribution < 1.29 is 0 Å². The molecule has 5 heavy (non-hydrogen) atoms. The van der Waals surface area contributed by atoms with Crippen molar-refractivity contribution in [2.75, 3.05) is 0 Å². The van der Waals surface area contributed by atoms with E-state index in [2.05, 4.69) is 0 Å². The largest absolute Gasteiger partial charge is 0.0864 e. The van der Waals surface area contributed by atoms with E-state index < -0.39 is 0 Å². The van der Waals surface area contributed by atoms with Crippen LogP contribution in [0.15, 0.2) is 0 Å². The minimum atomic E-state index is 1.50. The molecule has 0 bridgehead atoms. The van der Waals surface area contributed by atoms with Gasteiger partial charge < -0.3 is 0 Å². The summed E-state index contributed by atoms with van der Waals surface area (Å²) in [5, 5.41) is 0. The minimum absolute atomic E-state index is 1.50. The first-order valence-electron chi connectivity index (χ1n) is 2.50. The molecule has 2 heteroatoms. The Morgan fingerprint density at radius 3 is 1.80 bits per heavy atom. The molecule has 0 unspecified atom stereocenters. The molecule has 1 saturated heterocycles. The standard InChI is InChI=1S/C3H8B2/c1-2-4-5-3-1/h4-5H,1-3H2. The second-order valence-electron chi connectivity index (χ2n) is 1.77. The molecule has 0 saturated carbocycles. The van der Waals surface area contributed by atoms with E-state index in [1.807, 2.05) is 0 Å². The molecule has 0 aromatic heterocycles. The predicted molar refractivity (Wildman–Crippen MR) is 28.5 cm³/mol. The zero-order valence-corrected chi connectivity index (χ0v) is 3.54. The van der Waals surface area contributed by atoms with Crippen molar-refractivity contribution in [3.63, 3.8) is 0 Å². The third-order valence-corrected chi connectivity index (χ3v) is 1.25. The smallest absolute Gasteiger partial charge is 0.0852 e. The van der Waals surface area contributed by atoms with Crippen LogP contribution in [0.25, 0.3) is 0 Å². The zero-order valence-electron chi connectivity index (χ0n) is 3.54. The van der Waals surface area contributed by atoms with E-state index >= 15 is 0 Å². The molecule has 0 atom stereocenters. The van der Waals surface area contributed by atoms with Crippen LogP contribution in [0.2, 0.25) is 12.6 Å². The highest BCUT2D eigenvalue weighted by atomic mass is 13.7. The van der Waals surface area contributed by atoms with Crippen LogP contribution in [0.1, 0.15) is 6.42 Å². The summed E-state index contributed by atoms with van der Waals surface area (Å²) < 4.78 is 0. The molecule has 1 fully saturated rings. The van der Waals surface area contributed by atoms with Gasteiger partial charge in [-0.25, -0.2) is 0 Å². The highest BCUT2D eigenvalue weighted by Crippen LogP contribution is 2.01. The lowest BCUT2D eigenvalue weighted by molar-refractivity contribution is 1.10. The first kappa shape index (κ1) is 3.32. The normalized spacial score (nSPS) is 20.8. The van der Waals surface area contributed by atoms with Crippen LogP contribution in [-0.2, 0) is 0 Å². The van der Waals surface area contributed by atoms with Gasteiger partial charge in [-0.3, -0.25) is 0 Å². The van der Waals surface area contributed by atoms with Gasteiger partial charge in [0.15, 0.2) is 0 Å². The van der Waals surface area contributed by atoms with Gasteiger partial charge in [0.25, 0.3) is 0 Å². The van der Waals surface area contributed by atoms with Crippen LogP contribution in [0.4, 0.5) is 0 Å². The van der Waals surface area contributed by atoms with Crippen LogP contribution in [-0.4, -0.2) is 14.3 Å². The number of rotatable bonds is 0. The van der Waals surface area contributed by atoms with Crippen LogP contribution in [0.5, 0.6) is 0 Å². The van der Waals surface area contributed by atoms with Crippen molar-refractivity contribution in [2.45, 2.75) is 19.1 Å². The van der Waals surface area contributed by atoms with Crippen LogP contribution >= 0.6 is 0 Å². The summed E-state index contributed by atoms with van der Waals surface area (Å²) >= 11 is 0. The van der Waals surface area contributed by atoms with E-state index in [9.17, 15) is 0 Å². The van der Waals surface area contributed by atoms with Gasteiger partial charge in [0.2, 0.25) is 0 Å². The maximum Gasteiger partial charge on any atom is 0.0864 e. The van der Waals surface area contributed by atoms with E-state index in [0.717, 1.165) is 0 Å². The lowest BCUT2D eigenvalue weighted by atomic mass is 9.43. The van der Waals surface area contributed by atoms with Gasteiger partial charge in [-0.05, 0) is 0 Å². The lowest BCUT2D eigenvalue weighted by Crippen LogP contribution is -1.86. The highest BCUT2D eigenvalue weighted by Gasteiger charge is 1.99. The average Bonchev–Trinajstić information content (AvgIpc) is 1.76. The van der Waals surface area contributed by atoms with Crippen LogP contribution in [0.3, 0.4) is 0 Å². The topological polar surface area (TPSA) is 0 Å². The van der Waals surface area contributed by atoms with Gasteiger partial charge in [-0.1, -0.05) is 19.1 Å². The van der Waals surface area contributed by atoms with Gasteiger partial charge in [0.1, 0.15) is 0 Å². The summed E-state index contributed by atoms with van der Waals surface area (Å²) in [4.78, 5) is 0. The predicted octanol–water partition coefficient (Wildman–Crippen LogP) is 0.0147. The number of hydrogen-bond acceptors (Lipinski definition) is 0. The lowest BCUT2D eigenvalue weighted by Gasteiger charge is -1.68. The Hall–Kier alpha value is 0.130. The molecule has 1 aliphatic rings. The number of hydrogen-bond donors (Lipinski definition) is 0. The molecular weight excluding hydrogens is 57.7 g/mol. The maximum absolute atomic E-state index is 1.50. The van der Waals surface area contributed by atoms with Crippen molar-refractivity contribution in [2.24, 2.45) is 0 Å². The van der Waals surface area contributed by atoms with Gasteiger partial charge in [0.05, 0.1) is 14.3 Å². The molecule has 1 rings (SSSR count). The van der Waals surface area contributed by atoms with Gasteiger partial charge in [-0.2, -0.15) is 0 Å². The molecule has 1 aliphatic heterocycles. The second kappa shape index (κ2) is 1.54. The summed E-state index contributed by atoms with van der Waals surface area (Å²) in [6.07, 6.45) is 4.50. The molecule has 1 heterocycles. The fourth-order valence-corrected chi connectivity index (χ4v) is 0.884. The fraction of sp³-hybridized carbons (Fsp3) is 1.00. The molecule has 0 spiro atoms. The summed E-state index contributed by atoms with van der Waals surface area (Å²) in [6, 6.07) is 0. The van der Waals surface area contributed by atoms with Gasteiger partial charge >= 0.3 is 0 Å². The third kappa shape index (κ3) is 0.712.